The highest BCUT2D eigenvalue weighted by molar-refractivity contribution is 6.24. The number of hydrogen-bond acceptors (Lipinski definition) is 2. The Morgan fingerprint density at radius 3 is 0.704 bits per heavy atom. The van der Waals surface area contributed by atoms with Gasteiger partial charge in [-0.3, -0.25) is 0 Å². The maximum atomic E-state index is 2.35. The van der Waals surface area contributed by atoms with E-state index >= 15 is 0 Å². The Labute approximate surface area is 315 Å². The number of benzene rings is 10. The van der Waals surface area contributed by atoms with Crippen molar-refractivity contribution >= 4 is 66.4 Å². The van der Waals surface area contributed by atoms with Gasteiger partial charge in [-0.2, -0.15) is 0 Å². The first-order chi connectivity index (χ1) is 26.8. The van der Waals surface area contributed by atoms with Crippen molar-refractivity contribution in [2.24, 2.45) is 0 Å². The predicted octanol–water partition coefficient (Wildman–Crippen LogP) is 14.9. The maximum absolute atomic E-state index is 2.35. The molecule has 0 spiro atoms. The van der Waals surface area contributed by atoms with Crippen LogP contribution >= 0.6 is 0 Å². The van der Waals surface area contributed by atoms with E-state index in [1.807, 2.05) is 0 Å². The van der Waals surface area contributed by atoms with Gasteiger partial charge in [-0.15, -0.1) is 0 Å². The van der Waals surface area contributed by atoms with Gasteiger partial charge in [0.2, 0.25) is 0 Å². The lowest BCUT2D eigenvalue weighted by molar-refractivity contribution is 1.28. The van der Waals surface area contributed by atoms with Gasteiger partial charge in [0.15, 0.2) is 0 Å². The van der Waals surface area contributed by atoms with Crippen LogP contribution in [0, 0.1) is 0 Å². The molecular formula is C52H36N2. The van der Waals surface area contributed by atoms with Crippen LogP contribution < -0.4 is 9.80 Å². The zero-order valence-electron chi connectivity index (χ0n) is 29.7. The van der Waals surface area contributed by atoms with Gasteiger partial charge in [0.25, 0.3) is 0 Å². The molecule has 54 heavy (non-hydrogen) atoms. The van der Waals surface area contributed by atoms with Crippen molar-refractivity contribution in [3.8, 4) is 22.3 Å². The van der Waals surface area contributed by atoms with Crippen LogP contribution in [0.15, 0.2) is 218 Å². The smallest absolute Gasteiger partial charge is 0.0462 e. The molecule has 0 aromatic heterocycles. The first-order valence-corrected chi connectivity index (χ1v) is 18.5. The van der Waals surface area contributed by atoms with E-state index in [0.29, 0.717) is 0 Å². The van der Waals surface area contributed by atoms with Crippen molar-refractivity contribution in [2.75, 3.05) is 9.80 Å². The molecule has 0 fully saturated rings. The molecule has 2 heteroatoms. The van der Waals surface area contributed by atoms with Crippen molar-refractivity contribution in [1.29, 1.82) is 0 Å². The van der Waals surface area contributed by atoms with Crippen LogP contribution in [0.3, 0.4) is 0 Å². The summed E-state index contributed by atoms with van der Waals surface area (Å²) >= 11 is 0. The van der Waals surface area contributed by atoms with Crippen molar-refractivity contribution in [1.82, 2.24) is 0 Å². The average molecular weight is 689 g/mol. The number of anilines is 6. The Morgan fingerprint density at radius 2 is 0.444 bits per heavy atom. The lowest BCUT2D eigenvalue weighted by Gasteiger charge is -2.25. The second-order valence-electron chi connectivity index (χ2n) is 13.8. The molecule has 10 aromatic carbocycles. The van der Waals surface area contributed by atoms with Crippen molar-refractivity contribution in [3.05, 3.63) is 218 Å². The van der Waals surface area contributed by atoms with Gasteiger partial charge in [-0.1, -0.05) is 121 Å². The van der Waals surface area contributed by atoms with Crippen LogP contribution in [0.1, 0.15) is 0 Å². The quantitative estimate of drug-likeness (QED) is 0.147. The molecule has 0 atom stereocenters. The molecule has 0 unspecified atom stereocenters. The monoisotopic (exact) mass is 688 g/mol. The summed E-state index contributed by atoms with van der Waals surface area (Å²) in [4.78, 5) is 4.61. The Morgan fingerprint density at radius 1 is 0.204 bits per heavy atom. The molecule has 0 saturated heterocycles. The van der Waals surface area contributed by atoms with Crippen LogP contribution in [0.4, 0.5) is 34.1 Å². The molecule has 0 aliphatic carbocycles. The Bertz CT molecular complexity index is 2490. The zero-order valence-corrected chi connectivity index (χ0v) is 29.7. The summed E-state index contributed by atoms with van der Waals surface area (Å²) in [7, 11) is 0. The molecule has 10 rings (SSSR count). The van der Waals surface area contributed by atoms with Gasteiger partial charge < -0.3 is 9.80 Å². The third kappa shape index (κ3) is 5.71. The summed E-state index contributed by atoms with van der Waals surface area (Å²) in [6.07, 6.45) is 0. The van der Waals surface area contributed by atoms with E-state index in [1.165, 1.54) is 54.6 Å². The molecule has 0 amide bonds. The Balaban J connectivity index is 0.983. The van der Waals surface area contributed by atoms with E-state index in [2.05, 4.69) is 228 Å². The van der Waals surface area contributed by atoms with E-state index in [1.54, 1.807) is 0 Å². The number of para-hydroxylation sites is 4. The molecule has 0 saturated carbocycles. The molecule has 0 aliphatic heterocycles. The lowest BCUT2D eigenvalue weighted by atomic mass is 9.89. The minimum atomic E-state index is 1.13. The van der Waals surface area contributed by atoms with Crippen molar-refractivity contribution in [3.63, 3.8) is 0 Å². The first kappa shape index (κ1) is 31.6. The molecule has 0 aliphatic rings. The maximum Gasteiger partial charge on any atom is 0.0462 e. The summed E-state index contributed by atoms with van der Waals surface area (Å²) in [6, 6.07) is 78.7. The van der Waals surface area contributed by atoms with E-state index in [9.17, 15) is 0 Å². The van der Waals surface area contributed by atoms with Gasteiger partial charge in [0, 0.05) is 34.1 Å². The predicted molar refractivity (Wildman–Crippen MR) is 230 cm³/mol. The first-order valence-electron chi connectivity index (χ1n) is 18.5. The standard InChI is InChI=1S/C52H36N2/c1-5-13-45(14-6-1)53(46-15-7-2-8-16-46)49-29-25-37(26-30-49)43-33-39-21-23-41-35-44(36-42-24-22-40(34-43)51(39)52(41)42)38-27-31-50(32-28-38)54(47-17-9-3-10-18-47)48-19-11-4-12-20-48/h1-36H. The third-order valence-corrected chi connectivity index (χ3v) is 10.5. The highest BCUT2D eigenvalue weighted by Gasteiger charge is 2.16. The third-order valence-electron chi connectivity index (χ3n) is 10.5. The van der Waals surface area contributed by atoms with Crippen LogP contribution in [-0.2, 0) is 0 Å². The summed E-state index contributed by atoms with van der Waals surface area (Å²) < 4.78 is 0. The fourth-order valence-corrected chi connectivity index (χ4v) is 7.98. The topological polar surface area (TPSA) is 6.48 Å². The lowest BCUT2D eigenvalue weighted by Crippen LogP contribution is -2.09. The van der Waals surface area contributed by atoms with Gasteiger partial charge in [-0.25, -0.2) is 0 Å². The molecular weight excluding hydrogens is 653 g/mol. The van der Waals surface area contributed by atoms with E-state index < -0.39 is 0 Å². The normalized spacial score (nSPS) is 11.3. The van der Waals surface area contributed by atoms with E-state index in [0.717, 1.165) is 34.1 Å². The van der Waals surface area contributed by atoms with Crippen LogP contribution in [0.5, 0.6) is 0 Å². The average Bonchev–Trinajstić information content (AvgIpc) is 3.25. The van der Waals surface area contributed by atoms with Gasteiger partial charge in [0.1, 0.15) is 0 Å². The highest BCUT2D eigenvalue weighted by Crippen LogP contribution is 2.42. The summed E-state index contributed by atoms with van der Waals surface area (Å²) in [6.45, 7) is 0. The van der Waals surface area contributed by atoms with Crippen molar-refractivity contribution in [2.45, 2.75) is 0 Å². The Hall–Kier alpha value is -7.16. The second-order valence-corrected chi connectivity index (χ2v) is 13.8. The molecule has 0 radical (unpaired) electrons. The van der Waals surface area contributed by atoms with Crippen molar-refractivity contribution < 1.29 is 0 Å². The van der Waals surface area contributed by atoms with E-state index in [4.69, 9.17) is 0 Å². The highest BCUT2D eigenvalue weighted by atomic mass is 15.1. The SMILES string of the molecule is c1ccc(N(c2ccccc2)c2ccc(-c3cc4ccc5cc(-c6ccc(N(c7ccccc7)c7ccccc7)cc6)cc6ccc(c3)c4c56)cc2)cc1. The molecule has 0 heterocycles. The largest absolute Gasteiger partial charge is 0.311 e. The zero-order chi connectivity index (χ0) is 35.8. The molecule has 0 N–H and O–H groups in total. The molecule has 254 valence electrons. The minimum Gasteiger partial charge on any atom is -0.311 e. The fraction of sp³-hybridized carbons (Fsp3) is 0. The number of nitrogens with zero attached hydrogens (tertiary/aromatic N) is 2. The summed E-state index contributed by atoms with van der Waals surface area (Å²) in [5.74, 6) is 0. The molecule has 0 bridgehead atoms. The summed E-state index contributed by atoms with van der Waals surface area (Å²) in [5, 5.41) is 7.71. The molecule has 2 nitrogen and oxygen atoms in total. The van der Waals surface area contributed by atoms with Crippen LogP contribution in [0.2, 0.25) is 0 Å². The van der Waals surface area contributed by atoms with Crippen LogP contribution in [0.25, 0.3) is 54.6 Å². The molecule has 10 aromatic rings. The Kier molecular flexibility index (Phi) is 7.85. The number of rotatable bonds is 8. The fourth-order valence-electron chi connectivity index (χ4n) is 7.98. The second kappa shape index (κ2) is 13.4. The van der Waals surface area contributed by atoms with E-state index in [-0.39, 0.29) is 0 Å². The van der Waals surface area contributed by atoms with Crippen LogP contribution in [-0.4, -0.2) is 0 Å². The number of hydrogen-bond donors (Lipinski definition) is 0. The summed E-state index contributed by atoms with van der Waals surface area (Å²) in [5.41, 5.74) is 11.7. The van der Waals surface area contributed by atoms with Gasteiger partial charge >= 0.3 is 0 Å². The minimum absolute atomic E-state index is 1.13. The van der Waals surface area contributed by atoms with Gasteiger partial charge in [0.05, 0.1) is 0 Å². The van der Waals surface area contributed by atoms with Gasteiger partial charge in [-0.05, 0) is 152 Å².